The molecule has 1 amide bonds. The molecule has 0 unspecified atom stereocenters. The lowest BCUT2D eigenvalue weighted by atomic mass is 10.2. The average molecular weight is 280 g/mol. The van der Waals surface area contributed by atoms with E-state index in [1.165, 1.54) is 19.2 Å². The van der Waals surface area contributed by atoms with E-state index in [9.17, 15) is 4.79 Å². The molecule has 20 heavy (non-hydrogen) atoms. The van der Waals surface area contributed by atoms with Crippen molar-refractivity contribution in [3.05, 3.63) is 12.2 Å². The quantitative estimate of drug-likeness (QED) is 0.821. The summed E-state index contributed by atoms with van der Waals surface area (Å²) in [6.45, 7) is 1.41. The number of nitrogens with zero attached hydrogens (tertiary/aromatic N) is 3. The fraction of sp³-hybridized carbons (Fsp3) is 0.769. The number of carbonyl (C=O) groups is 1. The fourth-order valence-corrected chi connectivity index (χ4v) is 2.56. The monoisotopic (exact) mass is 280 g/mol. The number of hydrogen-bond donors (Lipinski definition) is 1. The predicted molar refractivity (Wildman–Crippen MR) is 69.8 cm³/mol. The molecule has 7 heteroatoms. The topological polar surface area (TPSA) is 80.3 Å². The summed E-state index contributed by atoms with van der Waals surface area (Å²) >= 11 is 0. The van der Waals surface area contributed by atoms with Crippen LogP contribution in [0, 0.1) is 5.92 Å². The van der Waals surface area contributed by atoms with Crippen molar-refractivity contribution in [2.24, 2.45) is 5.92 Å². The Morgan fingerprint density at radius 2 is 2.40 bits per heavy atom. The Morgan fingerprint density at radius 1 is 1.55 bits per heavy atom. The summed E-state index contributed by atoms with van der Waals surface area (Å²) in [5.74, 6) is 1.37. The van der Waals surface area contributed by atoms with Crippen LogP contribution in [0.4, 0.5) is 0 Å². The molecule has 7 nitrogen and oxygen atoms in total. The molecule has 0 radical (unpaired) electrons. The van der Waals surface area contributed by atoms with Crippen LogP contribution < -0.4 is 0 Å². The molecular weight excluding hydrogens is 260 g/mol. The second-order valence-corrected chi connectivity index (χ2v) is 5.48. The van der Waals surface area contributed by atoms with Gasteiger partial charge in [0.15, 0.2) is 0 Å². The third-order valence-electron chi connectivity index (χ3n) is 3.94. The Balaban J connectivity index is 1.60. The van der Waals surface area contributed by atoms with Crippen LogP contribution in [0.15, 0.2) is 6.33 Å². The van der Waals surface area contributed by atoms with Crippen molar-refractivity contribution in [3.63, 3.8) is 0 Å². The van der Waals surface area contributed by atoms with Crippen molar-refractivity contribution in [2.45, 2.75) is 31.4 Å². The Labute approximate surface area is 117 Å². The first-order valence-electron chi connectivity index (χ1n) is 7.03. The highest BCUT2D eigenvalue weighted by molar-refractivity contribution is 5.78. The second kappa shape index (κ2) is 5.88. The number of aromatic amines is 1. The number of likely N-dealkylation sites (tertiary alicyclic amines) is 1. The van der Waals surface area contributed by atoms with E-state index in [0.29, 0.717) is 24.9 Å². The molecule has 1 aliphatic carbocycles. The SMILES string of the molecule is CO[C@@H]1C[C@@H](c2ncn[nH]2)N(C(=O)COCC2CC2)C1. The van der Waals surface area contributed by atoms with Crippen LogP contribution in [-0.2, 0) is 14.3 Å². The molecule has 1 aliphatic heterocycles. The minimum Gasteiger partial charge on any atom is -0.380 e. The average Bonchev–Trinajstić information content (AvgIpc) is 2.96. The van der Waals surface area contributed by atoms with Gasteiger partial charge in [-0.2, -0.15) is 5.10 Å². The lowest BCUT2D eigenvalue weighted by molar-refractivity contribution is -0.137. The van der Waals surface area contributed by atoms with Gasteiger partial charge in [-0.3, -0.25) is 9.89 Å². The lowest BCUT2D eigenvalue weighted by Gasteiger charge is -2.22. The standard InChI is InChI=1S/C13H20N4O3/c1-19-10-4-11(13-14-8-15-16-13)17(5-10)12(18)7-20-6-9-2-3-9/h8-11H,2-7H2,1H3,(H,14,15,16)/t10-,11+/m1/s1. The van der Waals surface area contributed by atoms with Crippen LogP contribution in [0.5, 0.6) is 0 Å². The van der Waals surface area contributed by atoms with Crippen LogP contribution >= 0.6 is 0 Å². The van der Waals surface area contributed by atoms with Crippen LogP contribution in [0.3, 0.4) is 0 Å². The minimum atomic E-state index is -0.0977. The van der Waals surface area contributed by atoms with Gasteiger partial charge in [0.25, 0.3) is 0 Å². The molecule has 110 valence electrons. The highest BCUT2D eigenvalue weighted by Gasteiger charge is 2.38. The molecule has 1 N–H and O–H groups in total. The van der Waals surface area contributed by atoms with Crippen molar-refractivity contribution in [2.75, 3.05) is 26.9 Å². The van der Waals surface area contributed by atoms with Crippen LogP contribution in [0.2, 0.25) is 0 Å². The number of H-pyrrole nitrogens is 1. The number of nitrogens with one attached hydrogen (secondary N) is 1. The van der Waals surface area contributed by atoms with Crippen molar-refractivity contribution in [3.8, 4) is 0 Å². The molecule has 3 rings (SSSR count). The van der Waals surface area contributed by atoms with E-state index in [2.05, 4.69) is 15.2 Å². The molecule has 2 heterocycles. The Hall–Kier alpha value is -1.47. The largest absolute Gasteiger partial charge is 0.380 e. The number of aromatic nitrogens is 3. The predicted octanol–water partition coefficient (Wildman–Crippen LogP) is 0.520. The number of ether oxygens (including phenoxy) is 2. The van der Waals surface area contributed by atoms with E-state index >= 15 is 0 Å². The summed E-state index contributed by atoms with van der Waals surface area (Å²) in [5, 5.41) is 6.70. The number of carbonyl (C=O) groups excluding carboxylic acids is 1. The molecule has 1 aromatic rings. The maximum Gasteiger partial charge on any atom is 0.249 e. The van der Waals surface area contributed by atoms with Crippen LogP contribution in [0.25, 0.3) is 0 Å². The molecule has 1 saturated heterocycles. The van der Waals surface area contributed by atoms with E-state index < -0.39 is 0 Å². The maximum absolute atomic E-state index is 12.3. The van der Waals surface area contributed by atoms with Gasteiger partial charge in [0.2, 0.25) is 5.91 Å². The van der Waals surface area contributed by atoms with Gasteiger partial charge in [0.05, 0.1) is 18.8 Å². The molecule has 1 aromatic heterocycles. The van der Waals surface area contributed by atoms with Gasteiger partial charge >= 0.3 is 0 Å². The summed E-state index contributed by atoms with van der Waals surface area (Å²) in [5.41, 5.74) is 0. The van der Waals surface area contributed by atoms with Crippen molar-refractivity contribution >= 4 is 5.91 Å². The molecule has 2 atom stereocenters. The molecule has 0 spiro atoms. The van der Waals surface area contributed by atoms with Gasteiger partial charge in [-0.05, 0) is 18.8 Å². The van der Waals surface area contributed by atoms with Crippen LogP contribution in [0.1, 0.15) is 31.1 Å². The first-order chi connectivity index (χ1) is 9.78. The van der Waals surface area contributed by atoms with E-state index in [4.69, 9.17) is 9.47 Å². The Kier molecular flexibility index (Phi) is 3.98. The Bertz CT molecular complexity index is 446. The maximum atomic E-state index is 12.3. The normalized spacial score (nSPS) is 26.1. The number of rotatable bonds is 6. The van der Waals surface area contributed by atoms with E-state index in [1.54, 1.807) is 12.0 Å². The van der Waals surface area contributed by atoms with E-state index in [0.717, 1.165) is 6.42 Å². The number of amides is 1. The van der Waals surface area contributed by atoms with Crippen molar-refractivity contribution in [1.82, 2.24) is 20.1 Å². The van der Waals surface area contributed by atoms with Gasteiger partial charge in [-0.1, -0.05) is 0 Å². The van der Waals surface area contributed by atoms with Gasteiger partial charge < -0.3 is 14.4 Å². The highest BCUT2D eigenvalue weighted by atomic mass is 16.5. The highest BCUT2D eigenvalue weighted by Crippen LogP contribution is 2.32. The molecular formula is C13H20N4O3. The van der Waals surface area contributed by atoms with Crippen molar-refractivity contribution in [1.29, 1.82) is 0 Å². The summed E-state index contributed by atoms with van der Waals surface area (Å²) in [4.78, 5) is 18.2. The Morgan fingerprint density at radius 3 is 3.05 bits per heavy atom. The molecule has 0 bridgehead atoms. The molecule has 2 aliphatic rings. The van der Waals surface area contributed by atoms with Crippen LogP contribution in [-0.4, -0.2) is 59.0 Å². The van der Waals surface area contributed by atoms with Gasteiger partial charge in [-0.25, -0.2) is 4.98 Å². The molecule has 0 aromatic carbocycles. The lowest BCUT2D eigenvalue weighted by Crippen LogP contribution is -2.35. The summed E-state index contributed by atoms with van der Waals surface area (Å²) in [6.07, 6.45) is 4.69. The zero-order chi connectivity index (χ0) is 13.9. The molecule has 1 saturated carbocycles. The summed E-state index contributed by atoms with van der Waals surface area (Å²) in [7, 11) is 1.67. The van der Waals surface area contributed by atoms with Gasteiger partial charge in [0, 0.05) is 20.1 Å². The smallest absolute Gasteiger partial charge is 0.249 e. The molecule has 2 fully saturated rings. The van der Waals surface area contributed by atoms with Crippen molar-refractivity contribution < 1.29 is 14.3 Å². The first-order valence-corrected chi connectivity index (χ1v) is 7.03. The van der Waals surface area contributed by atoms with Gasteiger partial charge in [-0.15, -0.1) is 0 Å². The summed E-state index contributed by atoms with van der Waals surface area (Å²) in [6, 6.07) is -0.0977. The second-order valence-electron chi connectivity index (χ2n) is 5.48. The first kappa shape index (κ1) is 13.5. The van der Waals surface area contributed by atoms with E-state index in [1.807, 2.05) is 0 Å². The summed E-state index contributed by atoms with van der Waals surface area (Å²) < 4.78 is 10.9. The minimum absolute atomic E-state index is 0.00778. The third-order valence-corrected chi connectivity index (χ3v) is 3.94. The van der Waals surface area contributed by atoms with E-state index in [-0.39, 0.29) is 24.7 Å². The zero-order valence-corrected chi connectivity index (χ0v) is 11.6. The fourth-order valence-electron chi connectivity index (χ4n) is 2.56. The third kappa shape index (κ3) is 2.99. The number of methoxy groups -OCH3 is 1. The number of hydrogen-bond acceptors (Lipinski definition) is 5. The van der Waals surface area contributed by atoms with Gasteiger partial charge in [0.1, 0.15) is 18.8 Å². The zero-order valence-electron chi connectivity index (χ0n) is 11.6.